The van der Waals surface area contributed by atoms with Crippen LogP contribution in [0.25, 0.3) is 0 Å². The van der Waals surface area contributed by atoms with Crippen LogP contribution in [0.1, 0.15) is 40.1 Å². The highest BCUT2D eigenvalue weighted by atomic mass is 35.5. The quantitative estimate of drug-likeness (QED) is 0.781. The molecular weight excluding hydrogens is 359 g/mol. The Bertz CT molecular complexity index is 691. The molecule has 23 heavy (non-hydrogen) atoms. The molecule has 0 fully saturated rings. The number of anilines is 1. The van der Waals surface area contributed by atoms with Gasteiger partial charge in [0.1, 0.15) is 15.8 Å². The number of nitrogens with two attached hydrogens (primary N) is 1. The minimum absolute atomic E-state index is 0. The smallest absolute Gasteiger partial charge is 0.255 e. The Morgan fingerprint density at radius 2 is 2.13 bits per heavy atom. The molecule has 0 saturated heterocycles. The van der Waals surface area contributed by atoms with Gasteiger partial charge in [-0.15, -0.1) is 22.6 Å². The molecule has 1 heterocycles. The second-order valence-electron chi connectivity index (χ2n) is 4.95. The third-order valence-corrected chi connectivity index (χ3v) is 4.49. The van der Waals surface area contributed by atoms with Crippen molar-refractivity contribution in [2.75, 3.05) is 12.8 Å². The molecule has 0 aliphatic carbocycles. The summed E-state index contributed by atoms with van der Waals surface area (Å²) in [6, 6.07) is 3.02. The second-order valence-corrected chi connectivity index (χ2v) is 6.45. The first-order valence-corrected chi connectivity index (χ1v) is 7.85. The van der Waals surface area contributed by atoms with Gasteiger partial charge in [0.25, 0.3) is 5.91 Å². The molecule has 126 valence electrons. The third kappa shape index (κ3) is 4.70. The monoisotopic (exact) mass is 376 g/mol. The Balaban J connectivity index is 0.00000264. The van der Waals surface area contributed by atoms with Crippen LogP contribution in [-0.4, -0.2) is 23.2 Å². The molecule has 1 aromatic carbocycles. The maximum absolute atomic E-state index is 12.3. The number of halogens is 2. The standard InChI is InChI=1S/C14H17ClN4O2S.ClH/c1-7(2)14-19-18-12(22-14)6-17-13(20)8-4-9(15)10(16)5-11(8)21-3;/h4-5,7H,6,16H2,1-3H3,(H,17,20);1H. The first kappa shape index (κ1) is 19.5. The molecule has 0 radical (unpaired) electrons. The van der Waals surface area contributed by atoms with Gasteiger partial charge in [-0.25, -0.2) is 0 Å². The normalized spacial score (nSPS) is 10.3. The molecule has 1 amide bonds. The number of carbonyl (C=O) groups excluding carboxylic acids is 1. The minimum atomic E-state index is -0.306. The lowest BCUT2D eigenvalue weighted by Gasteiger charge is -2.10. The molecule has 0 aliphatic rings. The lowest BCUT2D eigenvalue weighted by atomic mass is 10.1. The van der Waals surface area contributed by atoms with E-state index in [0.29, 0.717) is 34.5 Å². The fourth-order valence-corrected chi connectivity index (χ4v) is 2.69. The summed E-state index contributed by atoms with van der Waals surface area (Å²) in [5.74, 6) is 0.387. The predicted octanol–water partition coefficient (Wildman–Crippen LogP) is 3.26. The maximum atomic E-state index is 12.3. The maximum Gasteiger partial charge on any atom is 0.255 e. The summed E-state index contributed by atoms with van der Waals surface area (Å²) in [7, 11) is 1.47. The van der Waals surface area contributed by atoms with Crippen molar-refractivity contribution >= 4 is 46.9 Å². The van der Waals surface area contributed by atoms with Crippen molar-refractivity contribution in [3.8, 4) is 5.75 Å². The predicted molar refractivity (Wildman–Crippen MR) is 94.8 cm³/mol. The molecule has 0 atom stereocenters. The summed E-state index contributed by atoms with van der Waals surface area (Å²) in [6.45, 7) is 4.39. The highest BCUT2D eigenvalue weighted by Crippen LogP contribution is 2.28. The van der Waals surface area contributed by atoms with E-state index < -0.39 is 0 Å². The van der Waals surface area contributed by atoms with Gasteiger partial charge in [-0.2, -0.15) is 0 Å². The van der Waals surface area contributed by atoms with Gasteiger partial charge in [0, 0.05) is 12.0 Å². The lowest BCUT2D eigenvalue weighted by molar-refractivity contribution is 0.0948. The molecule has 0 spiro atoms. The molecule has 0 aliphatic heterocycles. The largest absolute Gasteiger partial charge is 0.496 e. The first-order chi connectivity index (χ1) is 10.4. The van der Waals surface area contributed by atoms with Crippen molar-refractivity contribution in [3.05, 3.63) is 32.7 Å². The molecule has 0 unspecified atom stereocenters. The van der Waals surface area contributed by atoms with E-state index in [1.54, 1.807) is 0 Å². The van der Waals surface area contributed by atoms with Crippen molar-refractivity contribution in [3.63, 3.8) is 0 Å². The van der Waals surface area contributed by atoms with E-state index in [0.717, 1.165) is 10.0 Å². The Morgan fingerprint density at radius 1 is 1.43 bits per heavy atom. The Hall–Kier alpha value is -1.57. The fourth-order valence-electron chi connectivity index (χ4n) is 1.74. The molecular formula is C14H18Cl2N4O2S. The van der Waals surface area contributed by atoms with Crippen LogP contribution in [0.3, 0.4) is 0 Å². The van der Waals surface area contributed by atoms with Gasteiger partial charge >= 0.3 is 0 Å². The molecule has 0 saturated carbocycles. The summed E-state index contributed by atoms with van der Waals surface area (Å²) < 4.78 is 5.17. The summed E-state index contributed by atoms with van der Waals surface area (Å²) in [4.78, 5) is 12.3. The number of hydrogen-bond acceptors (Lipinski definition) is 6. The van der Waals surface area contributed by atoms with Gasteiger partial charge in [-0.3, -0.25) is 4.79 Å². The average molecular weight is 377 g/mol. The minimum Gasteiger partial charge on any atom is -0.496 e. The zero-order valence-corrected chi connectivity index (χ0v) is 15.3. The number of carbonyl (C=O) groups is 1. The fraction of sp³-hybridized carbons (Fsp3) is 0.357. The van der Waals surface area contributed by atoms with E-state index in [9.17, 15) is 4.79 Å². The number of aromatic nitrogens is 2. The summed E-state index contributed by atoms with van der Waals surface area (Å²) >= 11 is 7.44. The van der Waals surface area contributed by atoms with Crippen molar-refractivity contribution in [1.82, 2.24) is 15.5 Å². The summed E-state index contributed by atoms with van der Waals surface area (Å²) in [5.41, 5.74) is 6.39. The number of ether oxygens (including phenoxy) is 1. The van der Waals surface area contributed by atoms with E-state index >= 15 is 0 Å². The van der Waals surface area contributed by atoms with Crippen LogP contribution in [0, 0.1) is 0 Å². The van der Waals surface area contributed by atoms with Gasteiger partial charge in [0.05, 0.1) is 29.9 Å². The third-order valence-electron chi connectivity index (χ3n) is 2.94. The van der Waals surface area contributed by atoms with Gasteiger partial charge in [-0.05, 0) is 6.07 Å². The number of hydrogen-bond donors (Lipinski definition) is 2. The molecule has 6 nitrogen and oxygen atoms in total. The highest BCUT2D eigenvalue weighted by Gasteiger charge is 2.16. The van der Waals surface area contributed by atoms with E-state index in [4.69, 9.17) is 22.1 Å². The van der Waals surface area contributed by atoms with Gasteiger partial charge < -0.3 is 15.8 Å². The van der Waals surface area contributed by atoms with Crippen molar-refractivity contribution in [2.45, 2.75) is 26.3 Å². The first-order valence-electron chi connectivity index (χ1n) is 6.65. The molecule has 1 aromatic heterocycles. The summed E-state index contributed by atoms with van der Waals surface area (Å²) in [5, 5.41) is 12.9. The number of methoxy groups -OCH3 is 1. The zero-order chi connectivity index (χ0) is 16.3. The van der Waals surface area contributed by atoms with E-state index in [-0.39, 0.29) is 18.3 Å². The van der Waals surface area contributed by atoms with Crippen LogP contribution >= 0.6 is 35.3 Å². The number of nitrogens with one attached hydrogen (secondary N) is 1. The Kier molecular flexibility index (Phi) is 7.05. The highest BCUT2D eigenvalue weighted by molar-refractivity contribution is 7.11. The van der Waals surface area contributed by atoms with Crippen molar-refractivity contribution < 1.29 is 9.53 Å². The van der Waals surface area contributed by atoms with Crippen molar-refractivity contribution in [1.29, 1.82) is 0 Å². The Morgan fingerprint density at radius 3 is 2.70 bits per heavy atom. The summed E-state index contributed by atoms with van der Waals surface area (Å²) in [6.07, 6.45) is 0. The number of nitrogen functional groups attached to an aromatic ring is 1. The van der Waals surface area contributed by atoms with E-state index in [2.05, 4.69) is 15.5 Å². The molecule has 2 aromatic rings. The van der Waals surface area contributed by atoms with Crippen molar-refractivity contribution in [2.24, 2.45) is 0 Å². The van der Waals surface area contributed by atoms with Crippen LogP contribution < -0.4 is 15.8 Å². The zero-order valence-electron chi connectivity index (χ0n) is 12.9. The van der Waals surface area contributed by atoms with Crippen LogP contribution in [0.4, 0.5) is 5.69 Å². The van der Waals surface area contributed by atoms with Crippen LogP contribution in [0.2, 0.25) is 5.02 Å². The lowest BCUT2D eigenvalue weighted by Crippen LogP contribution is -2.23. The Labute approximate surface area is 149 Å². The van der Waals surface area contributed by atoms with Crippen LogP contribution in [-0.2, 0) is 6.54 Å². The second kappa shape index (κ2) is 8.33. The van der Waals surface area contributed by atoms with Gasteiger partial charge in [0.15, 0.2) is 0 Å². The topological polar surface area (TPSA) is 90.1 Å². The molecule has 0 bridgehead atoms. The van der Waals surface area contributed by atoms with E-state index in [1.165, 1.54) is 30.6 Å². The van der Waals surface area contributed by atoms with E-state index in [1.807, 2.05) is 13.8 Å². The van der Waals surface area contributed by atoms with Gasteiger partial charge in [-0.1, -0.05) is 36.8 Å². The molecule has 2 rings (SSSR count). The van der Waals surface area contributed by atoms with Gasteiger partial charge in [0.2, 0.25) is 0 Å². The number of benzene rings is 1. The average Bonchev–Trinajstić information content (AvgIpc) is 2.96. The SMILES string of the molecule is COc1cc(N)c(Cl)cc1C(=O)NCc1nnc(C(C)C)s1.Cl. The molecule has 3 N–H and O–H groups in total. The van der Waals surface area contributed by atoms with Crippen LogP contribution in [0.5, 0.6) is 5.75 Å². The number of rotatable bonds is 5. The number of amides is 1. The number of nitrogens with zero attached hydrogens (tertiary/aromatic N) is 2. The van der Waals surface area contributed by atoms with Crippen LogP contribution in [0.15, 0.2) is 12.1 Å². The molecule has 9 heteroatoms.